The van der Waals surface area contributed by atoms with Crippen molar-refractivity contribution in [2.75, 3.05) is 25.5 Å². The second-order valence-electron chi connectivity index (χ2n) is 9.78. The topological polar surface area (TPSA) is 83.1 Å². The first-order valence-electron chi connectivity index (χ1n) is 12.5. The number of likely N-dealkylation sites (tertiary alicyclic amines) is 1. The molecule has 1 saturated heterocycles. The van der Waals surface area contributed by atoms with Crippen LogP contribution in [0.2, 0.25) is 0 Å². The number of aromatic amines is 1. The van der Waals surface area contributed by atoms with E-state index >= 15 is 0 Å². The second kappa shape index (κ2) is 11.4. The number of fused-ring (bicyclic) bond motifs is 1. The summed E-state index contributed by atoms with van der Waals surface area (Å²) in [6.45, 7) is 6.45. The molecule has 3 heterocycles. The van der Waals surface area contributed by atoms with E-state index in [0.29, 0.717) is 28.8 Å². The molecule has 4 aromatic rings. The molecule has 5 rings (SSSR count). The van der Waals surface area contributed by atoms with Crippen LogP contribution in [-0.2, 0) is 0 Å². The summed E-state index contributed by atoms with van der Waals surface area (Å²) in [6.07, 6.45) is 3.74. The number of hydrogen-bond donors (Lipinski definition) is 2. The summed E-state index contributed by atoms with van der Waals surface area (Å²) in [5, 5.41) is 4.10. The fraction of sp³-hybridized carbons (Fsp3) is 0.321. The third kappa shape index (κ3) is 6.25. The Hall–Kier alpha value is -2.67. The van der Waals surface area contributed by atoms with E-state index < -0.39 is 15.8 Å². The third-order valence-electron chi connectivity index (χ3n) is 6.64. The molecule has 2 aromatic carbocycles. The van der Waals surface area contributed by atoms with Gasteiger partial charge in [-0.05, 0) is 0 Å². The van der Waals surface area contributed by atoms with Crippen molar-refractivity contribution in [2.24, 2.45) is 0 Å². The van der Waals surface area contributed by atoms with E-state index in [2.05, 4.69) is 76.3 Å². The molecule has 37 heavy (non-hydrogen) atoms. The Kier molecular flexibility index (Phi) is 7.98. The second-order valence-corrected chi connectivity index (χ2v) is 13.4. The summed E-state index contributed by atoms with van der Waals surface area (Å²) in [5.74, 6) is 2.68. The zero-order valence-corrected chi connectivity index (χ0v) is 24.9. The van der Waals surface area contributed by atoms with Crippen LogP contribution in [0.25, 0.3) is 10.9 Å². The molecule has 2 N–H and O–H groups in total. The first kappa shape index (κ1) is 26.0. The van der Waals surface area contributed by atoms with Crippen molar-refractivity contribution < 1.29 is 4.74 Å². The molecular formula is C28H31AsBrN5O2. The molecule has 0 amide bonds. The van der Waals surface area contributed by atoms with Crippen LogP contribution in [0.15, 0.2) is 64.0 Å². The number of rotatable bonds is 7. The van der Waals surface area contributed by atoms with Gasteiger partial charge in [0.1, 0.15) is 0 Å². The number of piperidine rings is 1. The Balaban J connectivity index is 1.38. The molecule has 1 aliphatic heterocycles. The maximum absolute atomic E-state index is 12.8. The molecule has 0 aliphatic carbocycles. The molecule has 0 radical (unpaired) electrons. The number of aromatic nitrogens is 3. The number of H-pyrrole nitrogens is 1. The third-order valence-corrected chi connectivity index (χ3v) is 9.81. The number of hydrogen-bond acceptors (Lipinski definition) is 6. The quantitative estimate of drug-likeness (QED) is 0.304. The summed E-state index contributed by atoms with van der Waals surface area (Å²) >= 11 is 2.67. The molecule has 1 fully saturated rings. The Morgan fingerprint density at radius 3 is 2.35 bits per heavy atom. The standard InChI is InChI=1S/C28H31AsBrN5O2/c1-17(2)18-4-8-21(9-5-18)37-22-10-6-19(7-11-22)29-26-24-25(23(30)16-31-27(24)36)33-28(34-26)32-20-12-14-35(3)15-13-20/h4-11,16-17,20,29H,12-15H2,1-3H3,(H,31,36)(H,32,33,34). The van der Waals surface area contributed by atoms with Gasteiger partial charge < -0.3 is 0 Å². The zero-order chi connectivity index (χ0) is 25.9. The number of nitrogens with one attached hydrogen (secondary N) is 2. The van der Waals surface area contributed by atoms with E-state index in [9.17, 15) is 4.79 Å². The van der Waals surface area contributed by atoms with Gasteiger partial charge in [-0.15, -0.1) is 0 Å². The van der Waals surface area contributed by atoms with Gasteiger partial charge >= 0.3 is 233 Å². The van der Waals surface area contributed by atoms with Gasteiger partial charge in [0.05, 0.1) is 0 Å². The van der Waals surface area contributed by atoms with Crippen molar-refractivity contribution in [3.8, 4) is 11.5 Å². The van der Waals surface area contributed by atoms with Crippen molar-refractivity contribution in [1.29, 1.82) is 0 Å². The van der Waals surface area contributed by atoms with E-state index in [-0.39, 0.29) is 5.56 Å². The number of halogens is 1. The molecule has 0 saturated carbocycles. The van der Waals surface area contributed by atoms with Crippen molar-refractivity contribution in [3.63, 3.8) is 0 Å². The van der Waals surface area contributed by atoms with Crippen LogP contribution in [0, 0.1) is 0 Å². The predicted molar refractivity (Wildman–Crippen MR) is 155 cm³/mol. The molecule has 9 heteroatoms. The Morgan fingerprint density at radius 2 is 1.70 bits per heavy atom. The molecule has 0 spiro atoms. The first-order valence-corrected chi connectivity index (χ1v) is 15.4. The van der Waals surface area contributed by atoms with Crippen molar-refractivity contribution >= 4 is 57.4 Å². The summed E-state index contributed by atoms with van der Waals surface area (Å²) in [7, 11) is 2.15. The first-order chi connectivity index (χ1) is 17.9. The van der Waals surface area contributed by atoms with Crippen LogP contribution < -0.4 is 24.4 Å². The van der Waals surface area contributed by atoms with E-state index in [4.69, 9.17) is 14.7 Å². The zero-order valence-electron chi connectivity index (χ0n) is 21.2. The van der Waals surface area contributed by atoms with Crippen LogP contribution in [0.4, 0.5) is 5.95 Å². The molecule has 1 unspecified atom stereocenters. The van der Waals surface area contributed by atoms with E-state index in [1.807, 2.05) is 24.3 Å². The number of pyridine rings is 1. The SMILES string of the molecule is CC(C)c1ccc(Oc2ccc([AsH]c3nc(NC4CCN(C)CC4)nc4c(Br)c[nH]c(=O)c34)cc2)cc1. The van der Waals surface area contributed by atoms with E-state index in [1.165, 1.54) is 5.56 Å². The summed E-state index contributed by atoms with van der Waals surface area (Å²) < 4.78 is 8.79. The predicted octanol–water partition coefficient (Wildman–Crippen LogP) is 3.89. The number of nitrogens with zero attached hydrogens (tertiary/aromatic N) is 3. The summed E-state index contributed by atoms with van der Waals surface area (Å²) in [5.41, 5.74) is 1.78. The van der Waals surface area contributed by atoms with Gasteiger partial charge in [0.15, 0.2) is 0 Å². The van der Waals surface area contributed by atoms with Gasteiger partial charge in [-0.1, -0.05) is 0 Å². The van der Waals surface area contributed by atoms with Crippen LogP contribution in [0.3, 0.4) is 0 Å². The van der Waals surface area contributed by atoms with Gasteiger partial charge in [-0.25, -0.2) is 0 Å². The molecular weight excluding hydrogens is 593 g/mol. The van der Waals surface area contributed by atoms with Crippen LogP contribution in [0.5, 0.6) is 11.5 Å². The summed E-state index contributed by atoms with van der Waals surface area (Å²) in [4.78, 5) is 27.6. The Labute approximate surface area is 231 Å². The molecule has 2 aromatic heterocycles. The Bertz CT molecular complexity index is 1430. The van der Waals surface area contributed by atoms with E-state index in [0.717, 1.165) is 50.7 Å². The molecule has 1 aliphatic rings. The van der Waals surface area contributed by atoms with Crippen LogP contribution >= 0.6 is 15.9 Å². The van der Waals surface area contributed by atoms with Gasteiger partial charge in [0.25, 0.3) is 0 Å². The number of ether oxygens (including phenoxy) is 1. The minimum atomic E-state index is -0.902. The molecule has 192 valence electrons. The molecule has 0 bridgehead atoms. The van der Waals surface area contributed by atoms with E-state index in [1.54, 1.807) is 6.20 Å². The fourth-order valence-corrected chi connectivity index (χ4v) is 7.17. The average Bonchev–Trinajstić information content (AvgIpc) is 2.89. The normalized spacial score (nSPS) is 15.2. The molecule has 7 nitrogen and oxygen atoms in total. The van der Waals surface area contributed by atoms with Crippen molar-refractivity contribution in [3.05, 3.63) is 75.1 Å². The van der Waals surface area contributed by atoms with Crippen molar-refractivity contribution in [1.82, 2.24) is 19.9 Å². The summed E-state index contributed by atoms with van der Waals surface area (Å²) in [6, 6.07) is 16.7. The monoisotopic (exact) mass is 623 g/mol. The molecule has 1 atom stereocenters. The minimum absolute atomic E-state index is 0.160. The van der Waals surface area contributed by atoms with Gasteiger partial charge in [-0.2, -0.15) is 0 Å². The maximum atomic E-state index is 12.8. The van der Waals surface area contributed by atoms with Crippen LogP contribution in [-0.4, -0.2) is 61.8 Å². The van der Waals surface area contributed by atoms with Gasteiger partial charge in [-0.3, -0.25) is 0 Å². The Morgan fingerprint density at radius 1 is 1.05 bits per heavy atom. The fourth-order valence-electron chi connectivity index (χ4n) is 4.41. The van der Waals surface area contributed by atoms with Gasteiger partial charge in [0, 0.05) is 0 Å². The van der Waals surface area contributed by atoms with Gasteiger partial charge in [0.2, 0.25) is 0 Å². The van der Waals surface area contributed by atoms with Crippen molar-refractivity contribution in [2.45, 2.75) is 38.6 Å². The average molecular weight is 624 g/mol. The number of anilines is 1. The number of benzene rings is 2. The van der Waals surface area contributed by atoms with Crippen LogP contribution in [0.1, 0.15) is 38.2 Å².